The van der Waals surface area contributed by atoms with Crippen LogP contribution in [0.2, 0.25) is 0 Å². The van der Waals surface area contributed by atoms with Crippen LogP contribution in [0.4, 0.5) is 0 Å². The number of ether oxygens (including phenoxy) is 1. The molecule has 1 aliphatic heterocycles. The number of ketones is 2. The lowest BCUT2D eigenvalue weighted by Gasteiger charge is -2.50. The van der Waals surface area contributed by atoms with E-state index < -0.39 is 16.4 Å². The molecule has 0 saturated carbocycles. The number of carbonyl (C=O) groups is 2. The van der Waals surface area contributed by atoms with Gasteiger partial charge in [0, 0.05) is 5.57 Å². The van der Waals surface area contributed by atoms with Crippen LogP contribution >= 0.6 is 0 Å². The van der Waals surface area contributed by atoms with Crippen LogP contribution in [0.25, 0.3) is 0 Å². The average molecular weight is 387 g/mol. The van der Waals surface area contributed by atoms with Gasteiger partial charge in [-0.25, -0.2) is 0 Å². The van der Waals surface area contributed by atoms with Crippen molar-refractivity contribution in [2.75, 3.05) is 0 Å². The summed E-state index contributed by atoms with van der Waals surface area (Å²) in [6.07, 6.45) is 7.45. The predicted octanol–water partition coefficient (Wildman–Crippen LogP) is 6.20. The highest BCUT2D eigenvalue weighted by molar-refractivity contribution is 6.19. The van der Waals surface area contributed by atoms with Gasteiger partial charge in [0.25, 0.3) is 0 Å². The van der Waals surface area contributed by atoms with Crippen LogP contribution in [0, 0.1) is 22.7 Å². The molecule has 0 radical (unpaired) electrons. The highest BCUT2D eigenvalue weighted by Crippen LogP contribution is 2.54. The molecule has 2 atom stereocenters. The monoisotopic (exact) mass is 386 g/mol. The second-order valence-corrected chi connectivity index (χ2v) is 10.4. The quantitative estimate of drug-likeness (QED) is 0.403. The van der Waals surface area contributed by atoms with E-state index in [1.54, 1.807) is 13.8 Å². The zero-order chi connectivity index (χ0) is 21.5. The molecule has 1 heterocycles. The van der Waals surface area contributed by atoms with E-state index in [4.69, 9.17) is 4.74 Å². The highest BCUT2D eigenvalue weighted by atomic mass is 16.5. The van der Waals surface area contributed by atoms with Crippen molar-refractivity contribution in [1.29, 1.82) is 0 Å². The molecule has 0 saturated heterocycles. The van der Waals surface area contributed by atoms with Gasteiger partial charge in [-0.1, -0.05) is 32.1 Å². The Hall–Kier alpha value is -1.64. The first-order valence-corrected chi connectivity index (χ1v) is 10.6. The van der Waals surface area contributed by atoms with Gasteiger partial charge in [0.2, 0.25) is 0 Å². The average Bonchev–Trinajstić information content (AvgIpc) is 2.58. The maximum atomic E-state index is 13.4. The van der Waals surface area contributed by atoms with Crippen molar-refractivity contribution in [3.63, 3.8) is 0 Å². The van der Waals surface area contributed by atoms with E-state index in [-0.39, 0.29) is 17.5 Å². The summed E-state index contributed by atoms with van der Waals surface area (Å²) in [6.45, 7) is 20.0. The Bertz CT molecular complexity index is 729. The minimum Gasteiger partial charge on any atom is -0.486 e. The second-order valence-electron chi connectivity index (χ2n) is 10.4. The number of rotatable bonds is 6. The summed E-state index contributed by atoms with van der Waals surface area (Å²) < 4.78 is 6.56. The Kier molecular flexibility index (Phi) is 6.19. The molecule has 0 bridgehead atoms. The van der Waals surface area contributed by atoms with Crippen LogP contribution in [-0.4, -0.2) is 17.2 Å². The molecule has 0 amide bonds. The summed E-state index contributed by atoms with van der Waals surface area (Å²) in [7, 11) is 0. The number of allylic oxidation sites excluding steroid dienone is 4. The van der Waals surface area contributed by atoms with Crippen LogP contribution in [0.1, 0.15) is 81.1 Å². The lowest BCUT2D eigenvalue weighted by molar-refractivity contribution is -0.149. The van der Waals surface area contributed by atoms with E-state index in [0.29, 0.717) is 11.7 Å². The highest BCUT2D eigenvalue weighted by Gasteiger charge is 2.58. The van der Waals surface area contributed by atoms with Crippen molar-refractivity contribution in [3.05, 3.63) is 35.6 Å². The van der Waals surface area contributed by atoms with Crippen molar-refractivity contribution in [3.8, 4) is 0 Å². The molecule has 0 aromatic rings. The Morgan fingerprint density at radius 1 is 1.18 bits per heavy atom. The van der Waals surface area contributed by atoms with Gasteiger partial charge in [0.05, 0.1) is 10.8 Å². The number of hydrogen-bond donors (Lipinski definition) is 0. The molecule has 0 spiro atoms. The first kappa shape index (κ1) is 22.6. The minimum atomic E-state index is -1.00. The fraction of sp³-hybridized carbons (Fsp3) is 0.680. The molecule has 0 aromatic carbocycles. The summed E-state index contributed by atoms with van der Waals surface area (Å²) in [5, 5.41) is 0. The molecular weight excluding hydrogens is 348 g/mol. The third kappa shape index (κ3) is 3.90. The van der Waals surface area contributed by atoms with E-state index in [2.05, 4.69) is 40.3 Å². The molecule has 3 heteroatoms. The molecule has 0 fully saturated rings. The van der Waals surface area contributed by atoms with Gasteiger partial charge in [-0.2, -0.15) is 0 Å². The molecule has 0 aromatic heterocycles. The lowest BCUT2D eigenvalue weighted by atomic mass is 9.59. The first-order valence-electron chi connectivity index (χ1n) is 10.6. The normalized spacial score (nSPS) is 28.7. The summed E-state index contributed by atoms with van der Waals surface area (Å²) in [4.78, 5) is 26.6. The topological polar surface area (TPSA) is 43.4 Å². The van der Waals surface area contributed by atoms with E-state index in [0.717, 1.165) is 31.3 Å². The van der Waals surface area contributed by atoms with Crippen molar-refractivity contribution in [2.24, 2.45) is 22.7 Å². The molecule has 0 N–H and O–H groups in total. The SMILES string of the molecule is C=C[C@]1(CCC=C(C)C)C[C@H](CC(C)C)C2=C(O1)C(C)(C)C(=O)C(C)(C)C2=O. The molecule has 1 aliphatic carbocycles. The van der Waals surface area contributed by atoms with E-state index in [1.807, 2.05) is 19.9 Å². The van der Waals surface area contributed by atoms with E-state index in [1.165, 1.54) is 5.57 Å². The maximum absolute atomic E-state index is 13.4. The summed E-state index contributed by atoms with van der Waals surface area (Å²) in [5.74, 6) is 1.02. The van der Waals surface area contributed by atoms with Crippen molar-refractivity contribution < 1.29 is 14.3 Å². The van der Waals surface area contributed by atoms with Crippen LogP contribution in [0.5, 0.6) is 0 Å². The zero-order valence-corrected chi connectivity index (χ0v) is 19.1. The number of hydrogen-bond acceptors (Lipinski definition) is 3. The molecule has 0 unspecified atom stereocenters. The van der Waals surface area contributed by atoms with E-state index in [9.17, 15) is 9.59 Å². The summed E-state index contributed by atoms with van der Waals surface area (Å²) in [6, 6.07) is 0. The van der Waals surface area contributed by atoms with Gasteiger partial charge in [0.15, 0.2) is 11.6 Å². The predicted molar refractivity (Wildman–Crippen MR) is 115 cm³/mol. The second kappa shape index (κ2) is 7.65. The smallest absolute Gasteiger partial charge is 0.175 e. The first-order chi connectivity index (χ1) is 12.8. The fourth-order valence-electron chi connectivity index (χ4n) is 4.84. The Labute approximate surface area is 171 Å². The Balaban J connectivity index is 2.60. The van der Waals surface area contributed by atoms with Crippen LogP contribution in [0.15, 0.2) is 35.6 Å². The lowest BCUT2D eigenvalue weighted by Crippen LogP contribution is -2.54. The minimum absolute atomic E-state index is 0.0561. The number of Topliss-reactive ketones (excluding diaryl/α,β-unsaturated/α-hetero) is 2. The number of carbonyl (C=O) groups excluding carboxylic acids is 2. The maximum Gasteiger partial charge on any atom is 0.175 e. The molecule has 2 aliphatic rings. The van der Waals surface area contributed by atoms with Gasteiger partial charge >= 0.3 is 0 Å². The summed E-state index contributed by atoms with van der Waals surface area (Å²) >= 11 is 0. The van der Waals surface area contributed by atoms with Gasteiger partial charge in [-0.15, -0.1) is 0 Å². The van der Waals surface area contributed by atoms with Crippen molar-refractivity contribution >= 4 is 11.6 Å². The van der Waals surface area contributed by atoms with Gasteiger partial charge in [-0.3, -0.25) is 9.59 Å². The Morgan fingerprint density at radius 3 is 2.29 bits per heavy atom. The van der Waals surface area contributed by atoms with Gasteiger partial charge in [-0.05, 0) is 85.1 Å². The fourth-order valence-corrected chi connectivity index (χ4v) is 4.84. The Morgan fingerprint density at radius 2 is 1.79 bits per heavy atom. The molecule has 3 nitrogen and oxygen atoms in total. The molecule has 156 valence electrons. The van der Waals surface area contributed by atoms with Crippen molar-refractivity contribution in [1.82, 2.24) is 0 Å². The summed E-state index contributed by atoms with van der Waals surface area (Å²) in [5.41, 5.74) is -0.324. The van der Waals surface area contributed by atoms with E-state index >= 15 is 0 Å². The third-order valence-corrected chi connectivity index (χ3v) is 6.31. The van der Waals surface area contributed by atoms with Crippen LogP contribution < -0.4 is 0 Å². The van der Waals surface area contributed by atoms with Crippen LogP contribution in [0.3, 0.4) is 0 Å². The van der Waals surface area contributed by atoms with Gasteiger partial charge < -0.3 is 4.74 Å². The molecular formula is C25H38O3. The zero-order valence-electron chi connectivity index (χ0n) is 19.1. The standard InChI is InChI=1S/C25H38O3/c1-10-25(13-11-12-16(2)3)15-18(14-17(4)5)19-20(26)23(6,7)22(27)24(8,9)21(19)28-25/h10,12,17-18H,1,11,13-15H2,2-9H3/t18-,25-/m0/s1. The largest absolute Gasteiger partial charge is 0.486 e. The van der Waals surface area contributed by atoms with Crippen LogP contribution in [-0.2, 0) is 14.3 Å². The molecule has 28 heavy (non-hydrogen) atoms. The molecule has 2 rings (SSSR count). The third-order valence-electron chi connectivity index (χ3n) is 6.31. The van der Waals surface area contributed by atoms with Crippen molar-refractivity contribution in [2.45, 2.75) is 86.7 Å². The van der Waals surface area contributed by atoms with Gasteiger partial charge in [0.1, 0.15) is 11.4 Å².